The molecule has 0 radical (unpaired) electrons. The van der Waals surface area contributed by atoms with Gasteiger partial charge in [0, 0.05) is 19.8 Å². The van der Waals surface area contributed by atoms with Gasteiger partial charge in [0.2, 0.25) is 0 Å². The Hall–Kier alpha value is 0.270. The van der Waals surface area contributed by atoms with Crippen molar-refractivity contribution >= 4 is 12.6 Å². The molecule has 0 saturated heterocycles. The molecule has 0 atom stereocenters. The Morgan fingerprint density at radius 1 is 1.22 bits per heavy atom. The van der Waals surface area contributed by atoms with Crippen LogP contribution in [0.5, 0.6) is 0 Å². The lowest BCUT2D eigenvalue weighted by molar-refractivity contribution is 0.107. The van der Waals surface area contributed by atoms with Crippen molar-refractivity contribution in [2.75, 3.05) is 25.8 Å². The maximum atomic E-state index is 5.08. The third-order valence-electron chi connectivity index (χ3n) is 0.873. The van der Waals surface area contributed by atoms with Crippen LogP contribution in [-0.2, 0) is 9.47 Å². The van der Waals surface area contributed by atoms with E-state index < -0.39 is 0 Å². The molecule has 0 aromatic rings. The van der Waals surface area contributed by atoms with E-state index in [9.17, 15) is 0 Å². The summed E-state index contributed by atoms with van der Waals surface area (Å²) >= 11 is 3.88. The fourth-order valence-electron chi connectivity index (χ4n) is 0.472. The minimum Gasteiger partial charge on any atom is -0.382 e. The summed E-state index contributed by atoms with van der Waals surface area (Å²) in [5.74, 6) is 0.506. The molecule has 0 aliphatic rings. The molecule has 0 rings (SSSR count). The monoisotopic (exact) mass is 150 g/mol. The zero-order valence-corrected chi connectivity index (χ0v) is 6.69. The molecule has 0 N–H and O–H groups in total. The second-order valence-electron chi connectivity index (χ2n) is 1.59. The van der Waals surface area contributed by atoms with E-state index in [1.54, 1.807) is 0 Å². The second kappa shape index (κ2) is 8.27. The molecule has 0 aliphatic heterocycles. The highest BCUT2D eigenvalue weighted by molar-refractivity contribution is 7.80. The zero-order chi connectivity index (χ0) is 6.95. The summed E-state index contributed by atoms with van der Waals surface area (Å²) in [6, 6.07) is 0. The van der Waals surface area contributed by atoms with Crippen LogP contribution >= 0.6 is 12.6 Å². The van der Waals surface area contributed by atoms with Gasteiger partial charge in [-0.05, 0) is 13.3 Å². The van der Waals surface area contributed by atoms with Gasteiger partial charge in [0.05, 0.1) is 5.94 Å². The molecule has 0 heterocycles. The third-order valence-corrected chi connectivity index (χ3v) is 1.06. The van der Waals surface area contributed by atoms with Crippen molar-refractivity contribution in [3.63, 3.8) is 0 Å². The second-order valence-corrected chi connectivity index (χ2v) is 1.85. The first-order valence-corrected chi connectivity index (χ1v) is 3.81. The molecular formula is C6H14O2S. The van der Waals surface area contributed by atoms with E-state index in [4.69, 9.17) is 9.47 Å². The van der Waals surface area contributed by atoms with Crippen LogP contribution in [0.1, 0.15) is 13.3 Å². The highest BCUT2D eigenvalue weighted by Gasteiger charge is 1.84. The van der Waals surface area contributed by atoms with Crippen molar-refractivity contribution in [3.8, 4) is 0 Å². The maximum Gasteiger partial charge on any atom is 0.0892 e. The van der Waals surface area contributed by atoms with Gasteiger partial charge in [-0.2, -0.15) is 12.6 Å². The first-order chi connectivity index (χ1) is 4.41. The van der Waals surface area contributed by atoms with Crippen LogP contribution in [0.3, 0.4) is 0 Å². The molecular weight excluding hydrogens is 136 g/mol. The Kier molecular flexibility index (Phi) is 8.52. The first kappa shape index (κ1) is 9.27. The zero-order valence-electron chi connectivity index (χ0n) is 5.80. The van der Waals surface area contributed by atoms with Crippen LogP contribution in [0.4, 0.5) is 0 Å². The Morgan fingerprint density at radius 3 is 2.44 bits per heavy atom. The molecule has 0 amide bonds. The van der Waals surface area contributed by atoms with Gasteiger partial charge in [0.1, 0.15) is 0 Å². The van der Waals surface area contributed by atoms with E-state index in [2.05, 4.69) is 12.6 Å². The molecule has 3 heteroatoms. The van der Waals surface area contributed by atoms with Crippen LogP contribution in [0, 0.1) is 0 Å². The summed E-state index contributed by atoms with van der Waals surface area (Å²) in [4.78, 5) is 0. The fourth-order valence-corrected chi connectivity index (χ4v) is 0.601. The summed E-state index contributed by atoms with van der Waals surface area (Å²) < 4.78 is 10.0. The quantitative estimate of drug-likeness (QED) is 0.350. The fraction of sp³-hybridized carbons (Fsp3) is 1.00. The van der Waals surface area contributed by atoms with Crippen molar-refractivity contribution < 1.29 is 9.47 Å². The number of hydrogen-bond donors (Lipinski definition) is 1. The van der Waals surface area contributed by atoms with Crippen molar-refractivity contribution in [2.24, 2.45) is 0 Å². The summed E-state index contributed by atoms with van der Waals surface area (Å²) in [5, 5.41) is 0. The van der Waals surface area contributed by atoms with Gasteiger partial charge in [-0.25, -0.2) is 0 Å². The number of rotatable bonds is 6. The summed E-state index contributed by atoms with van der Waals surface area (Å²) in [6.45, 7) is 4.33. The molecule has 2 nitrogen and oxygen atoms in total. The van der Waals surface area contributed by atoms with Crippen LogP contribution in [0.15, 0.2) is 0 Å². The Balaban J connectivity index is 2.60. The van der Waals surface area contributed by atoms with Gasteiger partial charge in [0.25, 0.3) is 0 Å². The highest BCUT2D eigenvalue weighted by Crippen LogP contribution is 1.85. The lowest BCUT2D eigenvalue weighted by atomic mass is 10.5. The third kappa shape index (κ3) is 8.27. The maximum absolute atomic E-state index is 5.08. The number of hydrogen-bond acceptors (Lipinski definition) is 3. The molecule has 0 fully saturated rings. The predicted molar refractivity (Wildman–Crippen MR) is 40.9 cm³/mol. The number of ether oxygens (including phenoxy) is 2. The molecule has 0 aromatic heterocycles. The molecule has 0 bridgehead atoms. The normalized spacial score (nSPS) is 10.0. The van der Waals surface area contributed by atoms with E-state index >= 15 is 0 Å². The van der Waals surface area contributed by atoms with Crippen LogP contribution in [0.2, 0.25) is 0 Å². The van der Waals surface area contributed by atoms with E-state index in [0.717, 1.165) is 26.2 Å². The average molecular weight is 150 g/mol. The van der Waals surface area contributed by atoms with Crippen molar-refractivity contribution in [2.45, 2.75) is 13.3 Å². The van der Waals surface area contributed by atoms with Crippen LogP contribution in [0.25, 0.3) is 0 Å². The molecule has 56 valence electrons. The van der Waals surface area contributed by atoms with Crippen molar-refractivity contribution in [1.82, 2.24) is 0 Å². The Bertz CT molecular complexity index is 44.3. The van der Waals surface area contributed by atoms with Gasteiger partial charge in [-0.15, -0.1) is 0 Å². The molecule has 0 unspecified atom stereocenters. The summed E-state index contributed by atoms with van der Waals surface area (Å²) in [5.41, 5.74) is 0. The Labute approximate surface area is 61.9 Å². The van der Waals surface area contributed by atoms with E-state index in [1.807, 2.05) is 6.92 Å². The Morgan fingerprint density at radius 2 is 1.89 bits per heavy atom. The van der Waals surface area contributed by atoms with Crippen molar-refractivity contribution in [3.05, 3.63) is 0 Å². The van der Waals surface area contributed by atoms with Crippen LogP contribution in [-0.4, -0.2) is 25.8 Å². The van der Waals surface area contributed by atoms with Gasteiger partial charge in [0.15, 0.2) is 0 Å². The minimum atomic E-state index is 0.506. The van der Waals surface area contributed by atoms with Crippen LogP contribution < -0.4 is 0 Å². The lowest BCUT2D eigenvalue weighted by Gasteiger charge is -1.99. The largest absolute Gasteiger partial charge is 0.382 e. The van der Waals surface area contributed by atoms with E-state index in [-0.39, 0.29) is 0 Å². The molecule has 0 saturated carbocycles. The lowest BCUT2D eigenvalue weighted by Crippen LogP contribution is -1.99. The van der Waals surface area contributed by atoms with Gasteiger partial charge >= 0.3 is 0 Å². The number of thiol groups is 1. The molecule has 0 aliphatic carbocycles. The first-order valence-electron chi connectivity index (χ1n) is 3.18. The standard InChI is InChI=1S/C6H14O2S/c1-2-7-4-3-5-8-6-9/h9H,2-6H2,1H3. The summed E-state index contributed by atoms with van der Waals surface area (Å²) in [7, 11) is 0. The predicted octanol–water partition coefficient (Wildman–Crippen LogP) is 1.32. The molecule has 0 aromatic carbocycles. The van der Waals surface area contributed by atoms with Gasteiger partial charge in [-0.1, -0.05) is 0 Å². The smallest absolute Gasteiger partial charge is 0.0892 e. The van der Waals surface area contributed by atoms with E-state index in [0.29, 0.717) is 5.94 Å². The van der Waals surface area contributed by atoms with Crippen molar-refractivity contribution in [1.29, 1.82) is 0 Å². The average Bonchev–Trinajstić information content (AvgIpc) is 1.89. The summed E-state index contributed by atoms with van der Waals surface area (Å²) in [6.07, 6.45) is 0.967. The van der Waals surface area contributed by atoms with E-state index in [1.165, 1.54) is 0 Å². The topological polar surface area (TPSA) is 18.5 Å². The molecule has 0 spiro atoms. The van der Waals surface area contributed by atoms with Gasteiger partial charge in [-0.3, -0.25) is 0 Å². The SMILES string of the molecule is CCOCCCOCS. The minimum absolute atomic E-state index is 0.506. The highest BCUT2D eigenvalue weighted by atomic mass is 32.1. The van der Waals surface area contributed by atoms with Gasteiger partial charge < -0.3 is 9.47 Å². The molecule has 9 heavy (non-hydrogen) atoms.